The number of nitrogens with one attached hydrogen (secondary N) is 1. The molecular weight excluding hydrogens is 140 g/mol. The summed E-state index contributed by atoms with van der Waals surface area (Å²) in [5.74, 6) is 0. The summed E-state index contributed by atoms with van der Waals surface area (Å²) in [4.78, 5) is 0. The van der Waals surface area contributed by atoms with E-state index in [1.54, 1.807) is 0 Å². The van der Waals surface area contributed by atoms with Gasteiger partial charge in [0.05, 0.1) is 6.07 Å². The van der Waals surface area contributed by atoms with Crippen LogP contribution in [0.15, 0.2) is 0 Å². The van der Waals surface area contributed by atoms with Crippen molar-refractivity contribution in [1.29, 1.82) is 5.26 Å². The Kier molecular flexibility index (Phi) is 1.41. The molecule has 11 heavy (non-hydrogen) atoms. The number of nitriles is 1. The number of aliphatic hydroxyl groups is 1. The number of nitrogens with zero attached hydrogens (tertiary/aromatic N) is 1. The highest BCUT2D eigenvalue weighted by Crippen LogP contribution is 2.33. The zero-order valence-electron chi connectivity index (χ0n) is 6.38. The molecule has 2 aliphatic heterocycles. The van der Waals surface area contributed by atoms with E-state index in [0.29, 0.717) is 24.9 Å². The molecule has 0 radical (unpaired) electrons. The maximum Gasteiger partial charge on any atom is 0.154 e. The summed E-state index contributed by atoms with van der Waals surface area (Å²) in [6.45, 7) is 0. The van der Waals surface area contributed by atoms with Crippen LogP contribution in [0.2, 0.25) is 0 Å². The molecule has 3 heteroatoms. The zero-order valence-corrected chi connectivity index (χ0v) is 6.38. The highest BCUT2D eigenvalue weighted by molar-refractivity contribution is 5.10. The van der Waals surface area contributed by atoms with Crippen molar-refractivity contribution >= 4 is 0 Å². The lowest BCUT2D eigenvalue weighted by Crippen LogP contribution is -2.47. The standard InChI is InChI=1S/C8H12N2O/c9-5-8(11)3-6-1-2-7(4-8)10-6/h6-7,10-11H,1-4H2/t6-,7+,8?. The summed E-state index contributed by atoms with van der Waals surface area (Å²) >= 11 is 0. The maximum atomic E-state index is 9.66. The van der Waals surface area contributed by atoms with Crippen LogP contribution in [0.25, 0.3) is 0 Å². The van der Waals surface area contributed by atoms with Crippen LogP contribution < -0.4 is 5.32 Å². The van der Waals surface area contributed by atoms with E-state index < -0.39 is 5.60 Å². The molecule has 0 amide bonds. The van der Waals surface area contributed by atoms with Crippen molar-refractivity contribution in [3.05, 3.63) is 0 Å². The Morgan fingerprint density at radius 3 is 2.36 bits per heavy atom. The largest absolute Gasteiger partial charge is 0.375 e. The van der Waals surface area contributed by atoms with E-state index in [2.05, 4.69) is 5.32 Å². The molecular formula is C8H12N2O. The lowest BCUT2D eigenvalue weighted by molar-refractivity contribution is 0.0460. The van der Waals surface area contributed by atoms with Gasteiger partial charge in [0, 0.05) is 24.9 Å². The normalized spacial score (nSPS) is 48.7. The summed E-state index contributed by atoms with van der Waals surface area (Å²) in [5, 5.41) is 21.7. The van der Waals surface area contributed by atoms with Gasteiger partial charge in [0.2, 0.25) is 0 Å². The van der Waals surface area contributed by atoms with Gasteiger partial charge in [-0.05, 0) is 12.8 Å². The van der Waals surface area contributed by atoms with Crippen LogP contribution in [0, 0.1) is 11.3 Å². The SMILES string of the molecule is N#CC1(O)C[C@H]2CC[C@@H](C1)N2. The van der Waals surface area contributed by atoms with E-state index in [1.165, 1.54) is 0 Å². The molecule has 2 fully saturated rings. The van der Waals surface area contributed by atoms with E-state index in [0.717, 1.165) is 12.8 Å². The zero-order chi connectivity index (χ0) is 7.90. The third kappa shape index (κ3) is 1.13. The fraction of sp³-hybridized carbons (Fsp3) is 0.875. The Balaban J connectivity index is 2.15. The smallest absolute Gasteiger partial charge is 0.154 e. The third-order valence-electron chi connectivity index (χ3n) is 2.71. The molecule has 3 nitrogen and oxygen atoms in total. The van der Waals surface area contributed by atoms with Gasteiger partial charge in [-0.25, -0.2) is 0 Å². The Morgan fingerprint density at radius 2 is 1.91 bits per heavy atom. The van der Waals surface area contributed by atoms with E-state index in [1.807, 2.05) is 6.07 Å². The van der Waals surface area contributed by atoms with Crippen molar-refractivity contribution in [3.63, 3.8) is 0 Å². The second kappa shape index (κ2) is 2.20. The first-order valence-corrected chi connectivity index (χ1v) is 4.11. The Bertz CT molecular complexity index is 197. The summed E-state index contributed by atoms with van der Waals surface area (Å²) < 4.78 is 0. The predicted octanol–water partition coefficient (Wildman–Crippen LogP) is 0.155. The van der Waals surface area contributed by atoms with Crippen LogP contribution >= 0.6 is 0 Å². The molecule has 2 saturated heterocycles. The minimum Gasteiger partial charge on any atom is -0.375 e. The van der Waals surface area contributed by atoms with Gasteiger partial charge in [-0.1, -0.05) is 0 Å². The van der Waals surface area contributed by atoms with Gasteiger partial charge in [0.25, 0.3) is 0 Å². The Labute approximate surface area is 66.0 Å². The second-order valence-electron chi connectivity index (χ2n) is 3.69. The van der Waals surface area contributed by atoms with Crippen LogP contribution in [0.1, 0.15) is 25.7 Å². The van der Waals surface area contributed by atoms with Gasteiger partial charge in [-0.2, -0.15) is 5.26 Å². The molecule has 2 rings (SSSR count). The van der Waals surface area contributed by atoms with Gasteiger partial charge in [0.15, 0.2) is 5.60 Å². The van der Waals surface area contributed by atoms with Crippen LogP contribution in [0.4, 0.5) is 0 Å². The molecule has 2 bridgehead atoms. The number of hydrogen-bond acceptors (Lipinski definition) is 3. The molecule has 3 atom stereocenters. The number of piperidine rings is 1. The molecule has 0 spiro atoms. The molecule has 2 aliphatic rings. The lowest BCUT2D eigenvalue weighted by Gasteiger charge is -2.31. The second-order valence-corrected chi connectivity index (χ2v) is 3.69. The van der Waals surface area contributed by atoms with Gasteiger partial charge >= 0.3 is 0 Å². The maximum absolute atomic E-state index is 9.66. The van der Waals surface area contributed by atoms with Crippen molar-refractivity contribution in [2.45, 2.75) is 43.4 Å². The molecule has 2 N–H and O–H groups in total. The number of hydrogen-bond donors (Lipinski definition) is 2. The molecule has 0 aromatic carbocycles. The van der Waals surface area contributed by atoms with E-state index in [4.69, 9.17) is 5.26 Å². The molecule has 1 unspecified atom stereocenters. The molecule has 60 valence electrons. The third-order valence-corrected chi connectivity index (χ3v) is 2.71. The Hall–Kier alpha value is -0.590. The van der Waals surface area contributed by atoms with Crippen molar-refractivity contribution in [2.75, 3.05) is 0 Å². The number of rotatable bonds is 0. The minimum atomic E-state index is -1.03. The fourth-order valence-electron chi connectivity index (χ4n) is 2.21. The van der Waals surface area contributed by atoms with Gasteiger partial charge in [-0.15, -0.1) is 0 Å². The van der Waals surface area contributed by atoms with Gasteiger partial charge in [0.1, 0.15) is 0 Å². The van der Waals surface area contributed by atoms with Crippen LogP contribution in [0.5, 0.6) is 0 Å². The molecule has 2 heterocycles. The molecule has 0 aromatic heterocycles. The van der Waals surface area contributed by atoms with Crippen molar-refractivity contribution in [2.24, 2.45) is 0 Å². The predicted molar refractivity (Wildman–Crippen MR) is 39.7 cm³/mol. The summed E-state index contributed by atoms with van der Waals surface area (Å²) in [7, 11) is 0. The van der Waals surface area contributed by atoms with E-state index >= 15 is 0 Å². The Morgan fingerprint density at radius 1 is 1.36 bits per heavy atom. The summed E-state index contributed by atoms with van der Waals surface area (Å²) in [6, 6.07) is 2.77. The minimum absolute atomic E-state index is 0.387. The molecule has 0 aromatic rings. The molecule has 0 saturated carbocycles. The quantitative estimate of drug-likeness (QED) is 0.486. The summed E-state index contributed by atoms with van der Waals surface area (Å²) in [5.41, 5.74) is -1.03. The van der Waals surface area contributed by atoms with Gasteiger partial charge in [-0.3, -0.25) is 0 Å². The first kappa shape index (κ1) is 7.08. The highest BCUT2D eigenvalue weighted by Gasteiger charge is 2.42. The topological polar surface area (TPSA) is 56.0 Å². The van der Waals surface area contributed by atoms with Crippen molar-refractivity contribution in [3.8, 4) is 6.07 Å². The number of fused-ring (bicyclic) bond motifs is 2. The first-order valence-electron chi connectivity index (χ1n) is 4.11. The lowest BCUT2D eigenvalue weighted by atomic mass is 9.89. The highest BCUT2D eigenvalue weighted by atomic mass is 16.3. The van der Waals surface area contributed by atoms with Crippen LogP contribution in [-0.4, -0.2) is 22.8 Å². The first-order chi connectivity index (χ1) is 5.22. The average molecular weight is 152 g/mol. The van der Waals surface area contributed by atoms with Crippen molar-refractivity contribution in [1.82, 2.24) is 5.32 Å². The molecule has 0 aliphatic carbocycles. The van der Waals surface area contributed by atoms with E-state index in [-0.39, 0.29) is 0 Å². The monoisotopic (exact) mass is 152 g/mol. The fourth-order valence-corrected chi connectivity index (χ4v) is 2.21. The van der Waals surface area contributed by atoms with Crippen LogP contribution in [-0.2, 0) is 0 Å². The van der Waals surface area contributed by atoms with Gasteiger partial charge < -0.3 is 10.4 Å². The van der Waals surface area contributed by atoms with Crippen LogP contribution in [0.3, 0.4) is 0 Å². The van der Waals surface area contributed by atoms with Crippen molar-refractivity contribution < 1.29 is 5.11 Å². The summed E-state index contributed by atoms with van der Waals surface area (Å²) in [6.07, 6.45) is 3.46. The average Bonchev–Trinajstić information content (AvgIpc) is 2.31. The van der Waals surface area contributed by atoms with E-state index in [9.17, 15) is 5.11 Å².